The van der Waals surface area contributed by atoms with E-state index >= 15 is 0 Å². The number of halogens is 1. The van der Waals surface area contributed by atoms with Crippen LogP contribution in [0.3, 0.4) is 0 Å². The second kappa shape index (κ2) is 4.18. The number of amidine groups is 1. The Bertz CT molecular complexity index is 297. The number of hydrogen-bond acceptors (Lipinski definition) is 3. The van der Waals surface area contributed by atoms with Crippen LogP contribution in [0.5, 0.6) is 0 Å². The van der Waals surface area contributed by atoms with Crippen molar-refractivity contribution in [2.24, 2.45) is 10.8 Å². The summed E-state index contributed by atoms with van der Waals surface area (Å²) >= 11 is 3.30. The number of nitrogens with zero attached hydrogens (tertiary/aromatic N) is 2. The van der Waals surface area contributed by atoms with E-state index in [9.17, 15) is 0 Å². The molecule has 0 bridgehead atoms. The molecule has 1 rings (SSSR count). The maximum absolute atomic E-state index is 5.24. The second-order valence-corrected chi connectivity index (χ2v) is 3.02. The molecule has 0 aliphatic heterocycles. The summed E-state index contributed by atoms with van der Waals surface area (Å²) in [6, 6.07) is 1.88. The van der Waals surface area contributed by atoms with Crippen LogP contribution in [0.25, 0.3) is 0 Å². The van der Waals surface area contributed by atoms with Gasteiger partial charge in [0.2, 0.25) is 0 Å². The molecule has 0 aliphatic carbocycles. The molecule has 0 unspecified atom stereocenters. The molecule has 0 atom stereocenters. The summed E-state index contributed by atoms with van der Waals surface area (Å²) in [6.45, 7) is 0. The van der Waals surface area contributed by atoms with Crippen molar-refractivity contribution in [1.29, 1.82) is 0 Å². The van der Waals surface area contributed by atoms with Crippen LogP contribution in [-0.2, 0) is 0 Å². The number of nitrogens with one attached hydrogen (secondary N) is 1. The summed E-state index contributed by atoms with van der Waals surface area (Å²) in [5.41, 5.74) is 3.34. The zero-order valence-electron chi connectivity index (χ0n) is 6.58. The van der Waals surface area contributed by atoms with Gasteiger partial charge in [-0.25, -0.2) is 5.84 Å². The normalized spacial score (nSPS) is 11.4. The summed E-state index contributed by atoms with van der Waals surface area (Å²) in [7, 11) is 1.66. The minimum atomic E-state index is 0.615. The Kier molecular flexibility index (Phi) is 3.19. The fraction of sp³-hybridized carbons (Fsp3) is 0.143. The molecule has 0 saturated carbocycles. The molecule has 1 aromatic heterocycles. The first-order chi connectivity index (χ1) is 5.77. The van der Waals surface area contributed by atoms with Crippen LogP contribution >= 0.6 is 15.9 Å². The number of aliphatic imine (C=N–C) groups is 1. The van der Waals surface area contributed by atoms with E-state index in [-0.39, 0.29) is 0 Å². The topological polar surface area (TPSA) is 63.3 Å². The molecular weight excluding hydrogens is 220 g/mol. The molecule has 4 nitrogen and oxygen atoms in total. The Labute approximate surface area is 79.0 Å². The van der Waals surface area contributed by atoms with Gasteiger partial charge in [0, 0.05) is 29.5 Å². The van der Waals surface area contributed by atoms with E-state index in [4.69, 9.17) is 5.84 Å². The van der Waals surface area contributed by atoms with Gasteiger partial charge in [-0.15, -0.1) is 0 Å². The number of nitrogens with two attached hydrogens (primary N) is 1. The third kappa shape index (κ3) is 2.02. The van der Waals surface area contributed by atoms with Crippen molar-refractivity contribution < 1.29 is 0 Å². The Hall–Kier alpha value is -0.940. The van der Waals surface area contributed by atoms with Crippen LogP contribution < -0.4 is 11.3 Å². The van der Waals surface area contributed by atoms with E-state index in [1.165, 1.54) is 0 Å². The van der Waals surface area contributed by atoms with Gasteiger partial charge in [-0.05, 0) is 22.0 Å². The number of pyridine rings is 1. The van der Waals surface area contributed by atoms with Gasteiger partial charge in [-0.1, -0.05) is 0 Å². The fourth-order valence-corrected chi connectivity index (χ4v) is 1.18. The molecule has 0 fully saturated rings. The highest BCUT2D eigenvalue weighted by molar-refractivity contribution is 9.10. The lowest BCUT2D eigenvalue weighted by atomic mass is 10.3. The highest BCUT2D eigenvalue weighted by atomic mass is 79.9. The minimum Gasteiger partial charge on any atom is -0.308 e. The van der Waals surface area contributed by atoms with Crippen molar-refractivity contribution in [3.05, 3.63) is 28.5 Å². The molecule has 3 N–H and O–H groups in total. The summed E-state index contributed by atoms with van der Waals surface area (Å²) < 4.78 is 0.899. The van der Waals surface area contributed by atoms with Crippen LogP contribution in [0, 0.1) is 0 Å². The van der Waals surface area contributed by atoms with Gasteiger partial charge in [0.1, 0.15) is 5.84 Å². The van der Waals surface area contributed by atoms with Gasteiger partial charge in [-0.2, -0.15) is 0 Å². The lowest BCUT2D eigenvalue weighted by molar-refractivity contribution is 1.01. The molecule has 0 aliphatic rings. The first-order valence-electron chi connectivity index (χ1n) is 3.32. The Morgan fingerprint density at radius 2 is 2.42 bits per heavy atom. The highest BCUT2D eigenvalue weighted by Crippen LogP contribution is 2.09. The second-order valence-electron chi connectivity index (χ2n) is 2.11. The summed E-state index contributed by atoms with van der Waals surface area (Å²) in [6.07, 6.45) is 3.39. The first-order valence-corrected chi connectivity index (χ1v) is 4.11. The zero-order valence-corrected chi connectivity index (χ0v) is 8.17. The van der Waals surface area contributed by atoms with Gasteiger partial charge < -0.3 is 5.43 Å². The average molecular weight is 229 g/mol. The first kappa shape index (κ1) is 9.15. The molecule has 12 heavy (non-hydrogen) atoms. The maximum Gasteiger partial charge on any atom is 0.143 e. The minimum absolute atomic E-state index is 0.615. The van der Waals surface area contributed by atoms with E-state index in [2.05, 4.69) is 31.3 Å². The largest absolute Gasteiger partial charge is 0.308 e. The van der Waals surface area contributed by atoms with Crippen LogP contribution in [0.4, 0.5) is 0 Å². The molecule has 0 spiro atoms. The van der Waals surface area contributed by atoms with Gasteiger partial charge in [0.25, 0.3) is 0 Å². The van der Waals surface area contributed by atoms with E-state index in [1.54, 1.807) is 19.4 Å². The van der Waals surface area contributed by atoms with E-state index < -0.39 is 0 Å². The van der Waals surface area contributed by atoms with Crippen molar-refractivity contribution in [2.45, 2.75) is 0 Å². The van der Waals surface area contributed by atoms with Gasteiger partial charge in [0.15, 0.2) is 0 Å². The Morgan fingerprint density at radius 3 is 2.92 bits per heavy atom. The van der Waals surface area contributed by atoms with Crippen LogP contribution in [0.2, 0.25) is 0 Å². The zero-order chi connectivity index (χ0) is 8.97. The molecule has 5 heteroatoms. The molecule has 0 saturated heterocycles. The van der Waals surface area contributed by atoms with E-state index in [1.807, 2.05) is 6.07 Å². The van der Waals surface area contributed by atoms with Crippen molar-refractivity contribution >= 4 is 21.8 Å². The predicted octanol–water partition coefficient (Wildman–Crippen LogP) is 0.684. The van der Waals surface area contributed by atoms with E-state index in [0.717, 1.165) is 10.0 Å². The van der Waals surface area contributed by atoms with Crippen LogP contribution in [0.1, 0.15) is 5.56 Å². The summed E-state index contributed by atoms with van der Waals surface area (Å²) in [5.74, 6) is 5.86. The molecule has 0 amide bonds. The monoisotopic (exact) mass is 228 g/mol. The van der Waals surface area contributed by atoms with E-state index in [0.29, 0.717) is 5.84 Å². The summed E-state index contributed by atoms with van der Waals surface area (Å²) in [5, 5.41) is 0. The molecular formula is C7H9BrN4. The smallest absolute Gasteiger partial charge is 0.143 e. The maximum atomic E-state index is 5.24. The van der Waals surface area contributed by atoms with Crippen molar-refractivity contribution in [3.63, 3.8) is 0 Å². The van der Waals surface area contributed by atoms with Gasteiger partial charge in [0.05, 0.1) is 0 Å². The van der Waals surface area contributed by atoms with Crippen molar-refractivity contribution in [3.8, 4) is 0 Å². The quantitative estimate of drug-likeness (QED) is 0.322. The van der Waals surface area contributed by atoms with Crippen LogP contribution in [-0.4, -0.2) is 17.9 Å². The van der Waals surface area contributed by atoms with Crippen molar-refractivity contribution in [2.75, 3.05) is 7.05 Å². The highest BCUT2D eigenvalue weighted by Gasteiger charge is 2.00. The van der Waals surface area contributed by atoms with Gasteiger partial charge in [-0.3, -0.25) is 9.98 Å². The summed E-state index contributed by atoms with van der Waals surface area (Å²) in [4.78, 5) is 7.92. The lowest BCUT2D eigenvalue weighted by Crippen LogP contribution is -2.31. The van der Waals surface area contributed by atoms with Gasteiger partial charge >= 0.3 is 0 Å². The predicted molar refractivity (Wildman–Crippen MR) is 51.7 cm³/mol. The lowest BCUT2D eigenvalue weighted by Gasteiger charge is -2.03. The molecule has 64 valence electrons. The van der Waals surface area contributed by atoms with Crippen LogP contribution in [0.15, 0.2) is 27.9 Å². The molecule has 0 aromatic carbocycles. The molecule has 0 radical (unpaired) electrons. The SMILES string of the molecule is CN=C(NN)c1cncc(Br)c1. The number of rotatable bonds is 1. The number of hydrogen-bond donors (Lipinski definition) is 2. The molecule has 1 heterocycles. The Morgan fingerprint density at radius 1 is 1.67 bits per heavy atom. The Balaban J connectivity index is 3.02. The average Bonchev–Trinajstić information content (AvgIpc) is 2.07. The van der Waals surface area contributed by atoms with Crippen molar-refractivity contribution in [1.82, 2.24) is 10.4 Å². The fourth-order valence-electron chi connectivity index (χ4n) is 0.818. The third-order valence-corrected chi connectivity index (χ3v) is 1.77. The standard InChI is InChI=1S/C7H9BrN4/c1-10-7(12-9)5-2-6(8)4-11-3-5/h2-4H,9H2,1H3,(H,10,12). The number of aromatic nitrogens is 1. The number of hydrazine groups is 1. The third-order valence-electron chi connectivity index (χ3n) is 1.34. The molecule has 1 aromatic rings.